The second-order valence-corrected chi connectivity index (χ2v) is 8.90. The Morgan fingerprint density at radius 3 is 2.61 bits per heavy atom. The molecular formula is C27H25N3O3. The highest BCUT2D eigenvalue weighted by atomic mass is 16.3. The summed E-state index contributed by atoms with van der Waals surface area (Å²) in [5.74, 6) is 0.675. The van der Waals surface area contributed by atoms with Gasteiger partial charge in [-0.3, -0.25) is 9.59 Å². The number of H-pyrrole nitrogens is 1. The number of hydrogen-bond donors (Lipinski definition) is 1. The highest BCUT2D eigenvalue weighted by Gasteiger charge is 2.47. The zero-order valence-electron chi connectivity index (χ0n) is 18.2. The molecule has 1 saturated heterocycles. The maximum Gasteiger partial charge on any atom is 0.246 e. The van der Waals surface area contributed by atoms with Crippen molar-refractivity contribution in [1.29, 1.82) is 0 Å². The normalized spacial score (nSPS) is 20.2. The van der Waals surface area contributed by atoms with Gasteiger partial charge in [0.1, 0.15) is 18.3 Å². The molecule has 2 aromatic carbocycles. The van der Waals surface area contributed by atoms with Gasteiger partial charge < -0.3 is 19.2 Å². The Labute approximate surface area is 191 Å². The van der Waals surface area contributed by atoms with Crippen molar-refractivity contribution in [3.8, 4) is 0 Å². The lowest BCUT2D eigenvalue weighted by molar-refractivity contribution is -0.160. The minimum Gasteiger partial charge on any atom is -0.467 e. The van der Waals surface area contributed by atoms with Gasteiger partial charge in [0.25, 0.3) is 0 Å². The minimum atomic E-state index is -0.492. The molecule has 6 nitrogen and oxygen atoms in total. The van der Waals surface area contributed by atoms with Crippen LogP contribution < -0.4 is 0 Å². The molecule has 0 spiro atoms. The minimum absolute atomic E-state index is 0.00600. The number of carbonyl (C=O) groups excluding carboxylic acids is 2. The molecule has 2 amide bonds. The van der Waals surface area contributed by atoms with Gasteiger partial charge in [-0.15, -0.1) is 0 Å². The van der Waals surface area contributed by atoms with Crippen LogP contribution in [0.2, 0.25) is 0 Å². The van der Waals surface area contributed by atoms with Crippen LogP contribution in [0.3, 0.4) is 0 Å². The summed E-state index contributed by atoms with van der Waals surface area (Å²) in [6.45, 7) is 0.394. The topological polar surface area (TPSA) is 69.6 Å². The summed E-state index contributed by atoms with van der Waals surface area (Å²) in [5, 5.41) is 1.14. The molecule has 0 saturated carbocycles. The zero-order valence-corrected chi connectivity index (χ0v) is 18.2. The van der Waals surface area contributed by atoms with Gasteiger partial charge in [-0.25, -0.2) is 0 Å². The van der Waals surface area contributed by atoms with Gasteiger partial charge in [-0.1, -0.05) is 48.5 Å². The first-order valence-corrected chi connectivity index (χ1v) is 11.4. The number of aromatic amines is 1. The number of furan rings is 1. The smallest absolute Gasteiger partial charge is 0.246 e. The van der Waals surface area contributed by atoms with Crippen LogP contribution >= 0.6 is 0 Å². The quantitative estimate of drug-likeness (QED) is 0.506. The maximum absolute atomic E-state index is 13.6. The number of benzene rings is 2. The van der Waals surface area contributed by atoms with E-state index in [2.05, 4.69) is 29.2 Å². The standard InChI is InChI=1S/C27H25N3O3/c31-25-17-29(16-19-9-6-14-33-19)27(32)24-15-21-20-10-4-5-11-22(20)28-26(21)23(30(24)25)13-12-18-7-2-1-3-8-18/h1-11,14,23-24,28H,12-13,15-17H2/t23-,24+/m0/s1. The van der Waals surface area contributed by atoms with Gasteiger partial charge in [0.05, 0.1) is 18.8 Å². The Morgan fingerprint density at radius 2 is 1.79 bits per heavy atom. The average molecular weight is 440 g/mol. The molecule has 2 aliphatic rings. The Balaban J connectivity index is 1.38. The number of hydrogen-bond acceptors (Lipinski definition) is 3. The van der Waals surface area contributed by atoms with Crippen molar-refractivity contribution in [3.63, 3.8) is 0 Å². The van der Waals surface area contributed by atoms with E-state index in [9.17, 15) is 9.59 Å². The zero-order chi connectivity index (χ0) is 22.4. The molecule has 0 bridgehead atoms. The highest BCUT2D eigenvalue weighted by molar-refractivity contribution is 5.97. The highest BCUT2D eigenvalue weighted by Crippen LogP contribution is 2.41. The van der Waals surface area contributed by atoms with Gasteiger partial charge in [0.2, 0.25) is 11.8 Å². The van der Waals surface area contributed by atoms with Crippen LogP contribution in [0.4, 0.5) is 0 Å². The lowest BCUT2D eigenvalue weighted by Gasteiger charge is -2.47. The summed E-state index contributed by atoms with van der Waals surface area (Å²) < 4.78 is 5.44. The third kappa shape index (κ3) is 3.42. The molecule has 166 valence electrons. The van der Waals surface area contributed by atoms with E-state index in [0.29, 0.717) is 18.7 Å². The fourth-order valence-corrected chi connectivity index (χ4v) is 5.42. The molecule has 2 aliphatic heterocycles. The van der Waals surface area contributed by atoms with Gasteiger partial charge in [0.15, 0.2) is 0 Å². The van der Waals surface area contributed by atoms with E-state index in [1.165, 1.54) is 5.56 Å². The fraction of sp³-hybridized carbons (Fsp3) is 0.259. The first kappa shape index (κ1) is 19.9. The second kappa shape index (κ2) is 7.96. The predicted octanol–water partition coefficient (Wildman–Crippen LogP) is 4.23. The second-order valence-electron chi connectivity index (χ2n) is 8.90. The Kier molecular flexibility index (Phi) is 4.79. The van der Waals surface area contributed by atoms with Crippen molar-refractivity contribution in [3.05, 3.63) is 95.6 Å². The number of para-hydroxylation sites is 1. The number of amides is 2. The molecule has 1 N–H and O–H groups in total. The molecule has 0 aliphatic carbocycles. The van der Waals surface area contributed by atoms with Crippen LogP contribution in [0.15, 0.2) is 77.4 Å². The summed E-state index contributed by atoms with van der Waals surface area (Å²) in [6, 6.07) is 21.5. The van der Waals surface area contributed by atoms with Crippen molar-refractivity contribution in [2.75, 3.05) is 6.54 Å². The third-order valence-electron chi connectivity index (χ3n) is 6.94. The molecule has 6 heteroatoms. The molecule has 2 atom stereocenters. The summed E-state index contributed by atoms with van der Waals surface area (Å²) in [5.41, 5.74) is 4.52. The fourth-order valence-electron chi connectivity index (χ4n) is 5.42. The average Bonchev–Trinajstić information content (AvgIpc) is 3.48. The Bertz CT molecular complexity index is 1310. The summed E-state index contributed by atoms with van der Waals surface area (Å²) >= 11 is 0. The number of fused-ring (bicyclic) bond motifs is 4. The van der Waals surface area contributed by atoms with Crippen LogP contribution in [-0.2, 0) is 29.0 Å². The molecular weight excluding hydrogens is 414 g/mol. The van der Waals surface area contributed by atoms with E-state index in [1.54, 1.807) is 17.2 Å². The summed E-state index contributed by atoms with van der Waals surface area (Å²) in [7, 11) is 0. The first-order chi connectivity index (χ1) is 16.2. The van der Waals surface area contributed by atoms with E-state index in [-0.39, 0.29) is 24.4 Å². The van der Waals surface area contributed by atoms with E-state index in [4.69, 9.17) is 4.42 Å². The molecule has 2 aromatic heterocycles. The molecule has 4 aromatic rings. The Hall–Kier alpha value is -3.80. The monoisotopic (exact) mass is 439 g/mol. The van der Waals surface area contributed by atoms with E-state index in [1.807, 2.05) is 41.3 Å². The lowest BCUT2D eigenvalue weighted by Crippen LogP contribution is -2.62. The molecule has 1 fully saturated rings. The van der Waals surface area contributed by atoms with Crippen LogP contribution in [0.1, 0.15) is 35.0 Å². The van der Waals surface area contributed by atoms with Crippen LogP contribution in [0.25, 0.3) is 10.9 Å². The van der Waals surface area contributed by atoms with Crippen LogP contribution in [0, 0.1) is 0 Å². The van der Waals surface area contributed by atoms with Crippen molar-refractivity contribution in [2.45, 2.75) is 37.9 Å². The SMILES string of the molecule is O=C1[C@H]2Cc3c([nH]c4ccccc34)[C@H](CCc3ccccc3)N2C(=O)CN1Cc1ccco1. The predicted molar refractivity (Wildman–Crippen MR) is 124 cm³/mol. The van der Waals surface area contributed by atoms with Crippen LogP contribution in [0.5, 0.6) is 0 Å². The lowest BCUT2D eigenvalue weighted by atomic mass is 9.86. The van der Waals surface area contributed by atoms with Gasteiger partial charge in [-0.2, -0.15) is 0 Å². The molecule has 33 heavy (non-hydrogen) atoms. The number of nitrogens with one attached hydrogen (secondary N) is 1. The molecule has 6 rings (SSSR count). The van der Waals surface area contributed by atoms with Crippen molar-refractivity contribution in [1.82, 2.24) is 14.8 Å². The Morgan fingerprint density at radius 1 is 0.970 bits per heavy atom. The van der Waals surface area contributed by atoms with E-state index >= 15 is 0 Å². The van der Waals surface area contributed by atoms with Crippen molar-refractivity contribution in [2.24, 2.45) is 0 Å². The van der Waals surface area contributed by atoms with E-state index < -0.39 is 6.04 Å². The number of piperazine rings is 1. The van der Waals surface area contributed by atoms with Gasteiger partial charge in [0, 0.05) is 23.0 Å². The molecule has 4 heterocycles. The number of nitrogens with zero attached hydrogens (tertiary/aromatic N) is 2. The number of rotatable bonds is 5. The molecule has 0 radical (unpaired) electrons. The third-order valence-corrected chi connectivity index (χ3v) is 6.94. The number of aromatic nitrogens is 1. The van der Waals surface area contributed by atoms with Crippen LogP contribution in [-0.4, -0.2) is 39.2 Å². The van der Waals surface area contributed by atoms with Crippen molar-refractivity contribution < 1.29 is 14.0 Å². The summed E-state index contributed by atoms with van der Waals surface area (Å²) in [6.07, 6.45) is 3.72. The maximum atomic E-state index is 13.6. The first-order valence-electron chi connectivity index (χ1n) is 11.4. The van der Waals surface area contributed by atoms with E-state index in [0.717, 1.165) is 35.0 Å². The summed E-state index contributed by atoms with van der Waals surface area (Å²) in [4.78, 5) is 34.1. The van der Waals surface area contributed by atoms with Gasteiger partial charge in [-0.05, 0) is 42.2 Å². The van der Waals surface area contributed by atoms with Gasteiger partial charge >= 0.3 is 0 Å². The molecule has 0 unspecified atom stereocenters. The van der Waals surface area contributed by atoms with Crippen molar-refractivity contribution >= 4 is 22.7 Å². The largest absolute Gasteiger partial charge is 0.467 e. The number of carbonyl (C=O) groups is 2. The number of aryl methyl sites for hydroxylation is 1.